The van der Waals surface area contributed by atoms with E-state index in [4.69, 9.17) is 5.11 Å². The summed E-state index contributed by atoms with van der Waals surface area (Å²) in [7, 11) is -3.49. The average Bonchev–Trinajstić information content (AvgIpc) is 2.34. The van der Waals surface area contributed by atoms with E-state index in [1.165, 1.54) is 12.1 Å². The molecule has 1 aromatic rings. The maximum absolute atomic E-state index is 11.9. The SMILES string of the molecule is CC(C)NS(=O)(=O)c1ccc(NCC(C)C(=O)O)cc1. The van der Waals surface area contributed by atoms with Gasteiger partial charge >= 0.3 is 5.97 Å². The van der Waals surface area contributed by atoms with Gasteiger partial charge in [-0.1, -0.05) is 6.92 Å². The maximum atomic E-state index is 11.9. The van der Waals surface area contributed by atoms with E-state index >= 15 is 0 Å². The molecule has 0 aromatic heterocycles. The van der Waals surface area contributed by atoms with E-state index in [-0.39, 0.29) is 17.5 Å². The molecule has 7 heteroatoms. The molecule has 0 fully saturated rings. The van der Waals surface area contributed by atoms with Crippen molar-refractivity contribution in [2.75, 3.05) is 11.9 Å². The Bertz CT molecular complexity index is 552. The van der Waals surface area contributed by atoms with Crippen LogP contribution in [0.2, 0.25) is 0 Å². The zero-order chi connectivity index (χ0) is 15.3. The van der Waals surface area contributed by atoms with Gasteiger partial charge in [-0.3, -0.25) is 4.79 Å². The van der Waals surface area contributed by atoms with Gasteiger partial charge in [-0.05, 0) is 38.1 Å². The number of carboxylic acid groups (broad SMARTS) is 1. The minimum atomic E-state index is -3.49. The van der Waals surface area contributed by atoms with Crippen molar-refractivity contribution in [3.05, 3.63) is 24.3 Å². The van der Waals surface area contributed by atoms with Crippen LogP contribution in [0.25, 0.3) is 0 Å². The summed E-state index contributed by atoms with van der Waals surface area (Å²) >= 11 is 0. The Morgan fingerprint density at radius 3 is 2.20 bits per heavy atom. The number of rotatable bonds is 7. The van der Waals surface area contributed by atoms with Crippen LogP contribution in [0, 0.1) is 5.92 Å². The molecular formula is C13H20N2O4S. The first-order valence-electron chi connectivity index (χ1n) is 6.31. The van der Waals surface area contributed by atoms with Gasteiger partial charge in [-0.15, -0.1) is 0 Å². The van der Waals surface area contributed by atoms with Gasteiger partial charge in [0.15, 0.2) is 0 Å². The van der Waals surface area contributed by atoms with Crippen LogP contribution in [0.15, 0.2) is 29.2 Å². The molecule has 0 aliphatic heterocycles. The second-order valence-corrected chi connectivity index (χ2v) is 6.63. The minimum absolute atomic E-state index is 0.172. The van der Waals surface area contributed by atoms with Crippen molar-refractivity contribution in [2.45, 2.75) is 31.7 Å². The third-order valence-electron chi connectivity index (χ3n) is 2.59. The van der Waals surface area contributed by atoms with Crippen molar-refractivity contribution >= 4 is 21.7 Å². The van der Waals surface area contributed by atoms with Gasteiger partial charge in [0, 0.05) is 18.3 Å². The normalized spacial score (nSPS) is 13.2. The molecule has 1 aromatic carbocycles. The minimum Gasteiger partial charge on any atom is -0.481 e. The van der Waals surface area contributed by atoms with E-state index < -0.39 is 21.9 Å². The molecule has 0 saturated heterocycles. The van der Waals surface area contributed by atoms with Crippen molar-refractivity contribution in [3.8, 4) is 0 Å². The Hall–Kier alpha value is -1.60. The van der Waals surface area contributed by atoms with Gasteiger partial charge in [0.1, 0.15) is 0 Å². The van der Waals surface area contributed by atoms with Crippen molar-refractivity contribution in [3.63, 3.8) is 0 Å². The quantitative estimate of drug-likeness (QED) is 0.709. The van der Waals surface area contributed by atoms with Crippen LogP contribution < -0.4 is 10.0 Å². The van der Waals surface area contributed by atoms with Crippen LogP contribution in [0.3, 0.4) is 0 Å². The highest BCUT2D eigenvalue weighted by molar-refractivity contribution is 7.89. The molecule has 0 radical (unpaired) electrons. The first-order valence-corrected chi connectivity index (χ1v) is 7.80. The summed E-state index contributed by atoms with van der Waals surface area (Å²) in [5, 5.41) is 11.7. The average molecular weight is 300 g/mol. The van der Waals surface area contributed by atoms with E-state index in [1.807, 2.05) is 0 Å². The summed E-state index contributed by atoms with van der Waals surface area (Å²) in [4.78, 5) is 10.9. The third kappa shape index (κ3) is 4.82. The van der Waals surface area contributed by atoms with Crippen LogP contribution >= 0.6 is 0 Å². The fourth-order valence-electron chi connectivity index (χ4n) is 1.49. The van der Waals surface area contributed by atoms with Crippen LogP contribution in [0.4, 0.5) is 5.69 Å². The first kappa shape index (κ1) is 16.5. The highest BCUT2D eigenvalue weighted by Crippen LogP contribution is 2.14. The van der Waals surface area contributed by atoms with Crippen molar-refractivity contribution in [1.82, 2.24) is 4.72 Å². The van der Waals surface area contributed by atoms with Gasteiger partial charge in [0.25, 0.3) is 0 Å². The molecule has 0 spiro atoms. The number of hydrogen-bond donors (Lipinski definition) is 3. The number of aliphatic carboxylic acids is 1. The predicted octanol–water partition coefficient (Wildman–Crippen LogP) is 1.51. The lowest BCUT2D eigenvalue weighted by Crippen LogP contribution is -2.30. The van der Waals surface area contributed by atoms with Gasteiger partial charge in [-0.2, -0.15) is 0 Å². The maximum Gasteiger partial charge on any atom is 0.308 e. The standard InChI is InChI=1S/C13H20N2O4S/c1-9(2)15-20(18,19)12-6-4-11(5-7-12)14-8-10(3)13(16)17/h4-7,9-10,14-15H,8H2,1-3H3,(H,16,17). The second kappa shape index (κ2) is 6.71. The van der Waals surface area contributed by atoms with Crippen LogP contribution in [0.1, 0.15) is 20.8 Å². The van der Waals surface area contributed by atoms with Crippen LogP contribution in [-0.4, -0.2) is 32.1 Å². The smallest absolute Gasteiger partial charge is 0.308 e. The first-order chi connectivity index (χ1) is 9.22. The molecule has 0 aliphatic carbocycles. The molecule has 20 heavy (non-hydrogen) atoms. The summed E-state index contributed by atoms with van der Waals surface area (Å²) in [6.45, 7) is 5.38. The Labute approximate surface area is 119 Å². The Morgan fingerprint density at radius 2 is 1.75 bits per heavy atom. The van der Waals surface area contributed by atoms with Crippen LogP contribution in [-0.2, 0) is 14.8 Å². The molecule has 0 bridgehead atoms. The molecule has 6 nitrogen and oxygen atoms in total. The molecule has 0 saturated carbocycles. The lowest BCUT2D eigenvalue weighted by Gasteiger charge is -2.12. The highest BCUT2D eigenvalue weighted by atomic mass is 32.2. The Morgan fingerprint density at radius 1 is 1.20 bits per heavy atom. The number of hydrogen-bond acceptors (Lipinski definition) is 4. The van der Waals surface area contributed by atoms with E-state index in [9.17, 15) is 13.2 Å². The predicted molar refractivity (Wildman–Crippen MR) is 77.2 cm³/mol. The number of anilines is 1. The molecule has 0 amide bonds. The van der Waals surface area contributed by atoms with Crippen molar-refractivity contribution < 1.29 is 18.3 Å². The zero-order valence-corrected chi connectivity index (χ0v) is 12.6. The van der Waals surface area contributed by atoms with Crippen LogP contribution in [0.5, 0.6) is 0 Å². The fourth-order valence-corrected chi connectivity index (χ4v) is 2.74. The molecule has 0 heterocycles. The monoisotopic (exact) mass is 300 g/mol. The van der Waals surface area contributed by atoms with E-state index in [0.717, 1.165) is 0 Å². The molecular weight excluding hydrogens is 280 g/mol. The number of carboxylic acids is 1. The molecule has 1 atom stereocenters. The Kier molecular flexibility index (Phi) is 5.52. The number of sulfonamides is 1. The number of nitrogens with one attached hydrogen (secondary N) is 2. The van der Waals surface area contributed by atoms with Crippen molar-refractivity contribution in [2.24, 2.45) is 5.92 Å². The summed E-state index contributed by atoms with van der Waals surface area (Å²) < 4.78 is 26.3. The third-order valence-corrected chi connectivity index (χ3v) is 4.26. The number of carbonyl (C=O) groups is 1. The molecule has 112 valence electrons. The lowest BCUT2D eigenvalue weighted by molar-refractivity contribution is -0.140. The topological polar surface area (TPSA) is 95.5 Å². The molecule has 1 rings (SSSR count). The second-order valence-electron chi connectivity index (χ2n) is 4.92. The van der Waals surface area contributed by atoms with Crippen molar-refractivity contribution in [1.29, 1.82) is 0 Å². The fraction of sp³-hybridized carbons (Fsp3) is 0.462. The van der Waals surface area contributed by atoms with Gasteiger partial charge in [0.2, 0.25) is 10.0 Å². The largest absolute Gasteiger partial charge is 0.481 e. The summed E-state index contributed by atoms with van der Waals surface area (Å²) in [5.41, 5.74) is 0.682. The zero-order valence-electron chi connectivity index (χ0n) is 11.8. The Balaban J connectivity index is 2.72. The van der Waals surface area contributed by atoms with E-state index in [0.29, 0.717) is 5.69 Å². The number of benzene rings is 1. The highest BCUT2D eigenvalue weighted by Gasteiger charge is 2.15. The summed E-state index contributed by atoms with van der Waals surface area (Å²) in [6, 6.07) is 6.03. The van der Waals surface area contributed by atoms with Gasteiger partial charge < -0.3 is 10.4 Å². The van der Waals surface area contributed by atoms with Gasteiger partial charge in [-0.25, -0.2) is 13.1 Å². The molecule has 3 N–H and O–H groups in total. The summed E-state index contributed by atoms with van der Waals surface area (Å²) in [6.07, 6.45) is 0. The van der Waals surface area contributed by atoms with E-state index in [2.05, 4.69) is 10.0 Å². The van der Waals surface area contributed by atoms with Gasteiger partial charge in [0.05, 0.1) is 10.8 Å². The molecule has 1 unspecified atom stereocenters. The molecule has 0 aliphatic rings. The lowest BCUT2D eigenvalue weighted by atomic mass is 10.2. The summed E-state index contributed by atoms with van der Waals surface area (Å²) in [5.74, 6) is -1.39. The van der Waals surface area contributed by atoms with E-state index in [1.54, 1.807) is 32.9 Å².